The molecule has 0 radical (unpaired) electrons. The summed E-state index contributed by atoms with van der Waals surface area (Å²) in [7, 11) is 0. The summed E-state index contributed by atoms with van der Waals surface area (Å²) in [6.45, 7) is 2.87. The number of hydrogen-bond acceptors (Lipinski definition) is 5. The first kappa shape index (κ1) is 24.9. The van der Waals surface area contributed by atoms with Gasteiger partial charge in [0.1, 0.15) is 11.6 Å². The Kier molecular flexibility index (Phi) is 6.53. The van der Waals surface area contributed by atoms with E-state index in [4.69, 9.17) is 21.1 Å². The first-order valence-corrected chi connectivity index (χ1v) is 13.9. The van der Waals surface area contributed by atoms with E-state index in [1.54, 1.807) is 17.0 Å². The van der Waals surface area contributed by atoms with Crippen LogP contribution in [-0.4, -0.2) is 65.7 Å². The molecule has 6 rings (SSSR count). The van der Waals surface area contributed by atoms with Crippen LogP contribution in [-0.2, 0) is 23.9 Å². The molecule has 2 N–H and O–H groups in total. The standard InChI is InChI=1S/C28H34ClN3O5/c1-16-9-10-18(14-20(16)29)31-25(33)22-21-11-12-28(37-21)23(22)27(35)32(15-19-8-5-13-36-19)24(28)26(34)30-17-6-3-2-4-7-17/h9-12,14,17,19,21-24H,2-8,13,15H2,1H3,(H,30,34)(H,31,33). The second-order valence-electron chi connectivity index (χ2n) is 11.1. The molecule has 9 heteroatoms. The molecule has 198 valence electrons. The molecule has 37 heavy (non-hydrogen) atoms. The number of rotatable bonds is 6. The molecule has 1 aromatic carbocycles. The number of nitrogens with one attached hydrogen (secondary N) is 2. The Morgan fingerprint density at radius 2 is 1.95 bits per heavy atom. The van der Waals surface area contributed by atoms with Gasteiger partial charge >= 0.3 is 0 Å². The van der Waals surface area contributed by atoms with Crippen LogP contribution in [0.1, 0.15) is 50.5 Å². The fourth-order valence-electron chi connectivity index (χ4n) is 6.89. The molecule has 4 heterocycles. The van der Waals surface area contributed by atoms with Crippen molar-refractivity contribution in [1.29, 1.82) is 0 Å². The first-order chi connectivity index (χ1) is 17.9. The quantitative estimate of drug-likeness (QED) is 0.553. The van der Waals surface area contributed by atoms with Gasteiger partial charge in [-0.1, -0.05) is 49.1 Å². The number of amides is 3. The van der Waals surface area contributed by atoms with E-state index >= 15 is 0 Å². The molecule has 1 spiro atoms. The van der Waals surface area contributed by atoms with Gasteiger partial charge in [0.15, 0.2) is 0 Å². The third kappa shape index (κ3) is 4.27. The van der Waals surface area contributed by atoms with E-state index in [-0.39, 0.29) is 29.9 Å². The predicted molar refractivity (Wildman–Crippen MR) is 138 cm³/mol. The molecule has 4 aliphatic heterocycles. The smallest absolute Gasteiger partial charge is 0.246 e. The Labute approximate surface area is 222 Å². The van der Waals surface area contributed by atoms with Crippen LogP contribution in [0.25, 0.3) is 0 Å². The van der Waals surface area contributed by atoms with E-state index in [0.717, 1.165) is 44.1 Å². The Balaban J connectivity index is 1.29. The van der Waals surface area contributed by atoms with Crippen molar-refractivity contribution in [1.82, 2.24) is 10.2 Å². The van der Waals surface area contributed by atoms with Crippen LogP contribution < -0.4 is 10.6 Å². The van der Waals surface area contributed by atoms with Gasteiger partial charge in [-0.3, -0.25) is 14.4 Å². The summed E-state index contributed by atoms with van der Waals surface area (Å²) in [4.78, 5) is 43.0. The van der Waals surface area contributed by atoms with Crippen LogP contribution in [0.3, 0.4) is 0 Å². The van der Waals surface area contributed by atoms with E-state index in [2.05, 4.69) is 10.6 Å². The van der Waals surface area contributed by atoms with E-state index in [1.165, 1.54) is 6.42 Å². The van der Waals surface area contributed by atoms with E-state index in [1.807, 2.05) is 25.1 Å². The molecule has 1 aromatic rings. The predicted octanol–water partition coefficient (Wildman–Crippen LogP) is 3.37. The van der Waals surface area contributed by atoms with Crippen molar-refractivity contribution in [2.24, 2.45) is 11.8 Å². The van der Waals surface area contributed by atoms with Gasteiger partial charge in [-0.25, -0.2) is 0 Å². The monoisotopic (exact) mass is 527 g/mol. The summed E-state index contributed by atoms with van der Waals surface area (Å²) in [5.74, 6) is -2.23. The second kappa shape index (κ2) is 9.71. The van der Waals surface area contributed by atoms with Crippen LogP contribution in [0.4, 0.5) is 5.69 Å². The molecule has 6 unspecified atom stereocenters. The van der Waals surface area contributed by atoms with Crippen molar-refractivity contribution < 1.29 is 23.9 Å². The average Bonchev–Trinajstić information content (AvgIpc) is 3.65. The van der Waals surface area contributed by atoms with Crippen LogP contribution >= 0.6 is 11.6 Å². The molecule has 2 bridgehead atoms. The van der Waals surface area contributed by atoms with Gasteiger partial charge < -0.3 is 25.0 Å². The molecular weight excluding hydrogens is 494 g/mol. The molecule has 1 saturated carbocycles. The third-order valence-electron chi connectivity index (χ3n) is 8.74. The SMILES string of the molecule is Cc1ccc(NC(=O)C2C3C=CC4(O3)C2C(=O)N(CC2CCCO2)C4C(=O)NC2CCCCC2)cc1Cl. The summed E-state index contributed by atoms with van der Waals surface area (Å²) >= 11 is 6.26. The summed E-state index contributed by atoms with van der Waals surface area (Å²) in [5.41, 5.74) is 0.313. The number of anilines is 1. The van der Waals surface area contributed by atoms with Gasteiger partial charge in [0.05, 0.1) is 24.0 Å². The van der Waals surface area contributed by atoms with Gasteiger partial charge in [0.2, 0.25) is 17.7 Å². The van der Waals surface area contributed by atoms with Crippen molar-refractivity contribution in [2.75, 3.05) is 18.5 Å². The van der Waals surface area contributed by atoms with Crippen molar-refractivity contribution in [3.8, 4) is 0 Å². The lowest BCUT2D eigenvalue weighted by Gasteiger charge is -2.34. The number of likely N-dealkylation sites (tertiary alicyclic amines) is 1. The highest BCUT2D eigenvalue weighted by Crippen LogP contribution is 2.55. The topological polar surface area (TPSA) is 97.0 Å². The highest BCUT2D eigenvalue weighted by molar-refractivity contribution is 6.31. The van der Waals surface area contributed by atoms with E-state index < -0.39 is 29.6 Å². The number of halogens is 1. The van der Waals surface area contributed by atoms with Crippen molar-refractivity contribution in [3.63, 3.8) is 0 Å². The highest BCUT2D eigenvalue weighted by atomic mass is 35.5. The summed E-state index contributed by atoms with van der Waals surface area (Å²) in [5, 5.41) is 6.70. The van der Waals surface area contributed by atoms with Gasteiger partial charge in [0, 0.05) is 29.9 Å². The van der Waals surface area contributed by atoms with Gasteiger partial charge in [-0.15, -0.1) is 0 Å². The highest BCUT2D eigenvalue weighted by Gasteiger charge is 2.73. The molecule has 1 aliphatic carbocycles. The number of hydrogen-bond donors (Lipinski definition) is 2. The molecular formula is C28H34ClN3O5. The molecule has 4 fully saturated rings. The van der Waals surface area contributed by atoms with Crippen molar-refractivity contribution in [3.05, 3.63) is 40.9 Å². The van der Waals surface area contributed by atoms with Crippen molar-refractivity contribution in [2.45, 2.75) is 81.8 Å². The molecule has 6 atom stereocenters. The van der Waals surface area contributed by atoms with Gasteiger partial charge in [-0.2, -0.15) is 0 Å². The fourth-order valence-corrected chi connectivity index (χ4v) is 7.08. The molecule has 3 saturated heterocycles. The Hall–Kier alpha value is -2.42. The van der Waals surface area contributed by atoms with Crippen LogP contribution in [0.2, 0.25) is 5.02 Å². The van der Waals surface area contributed by atoms with E-state index in [0.29, 0.717) is 23.9 Å². The maximum atomic E-state index is 14.0. The minimum atomic E-state index is -1.16. The largest absolute Gasteiger partial charge is 0.376 e. The first-order valence-electron chi connectivity index (χ1n) is 13.5. The Bertz CT molecular complexity index is 1130. The number of ether oxygens (including phenoxy) is 2. The average molecular weight is 528 g/mol. The lowest BCUT2D eigenvalue weighted by atomic mass is 9.74. The van der Waals surface area contributed by atoms with Crippen molar-refractivity contribution >= 4 is 35.0 Å². The zero-order valence-corrected chi connectivity index (χ0v) is 21.8. The van der Waals surface area contributed by atoms with Crippen LogP contribution in [0.15, 0.2) is 30.4 Å². The Morgan fingerprint density at radius 3 is 2.68 bits per heavy atom. The lowest BCUT2D eigenvalue weighted by Crippen LogP contribution is -2.57. The molecule has 8 nitrogen and oxygen atoms in total. The molecule has 3 amide bonds. The van der Waals surface area contributed by atoms with Gasteiger partial charge in [0.25, 0.3) is 0 Å². The third-order valence-corrected chi connectivity index (χ3v) is 9.15. The molecule has 0 aromatic heterocycles. The number of fused-ring (bicyclic) bond motifs is 1. The zero-order chi connectivity index (χ0) is 25.7. The number of aryl methyl sites for hydroxylation is 1. The summed E-state index contributed by atoms with van der Waals surface area (Å²) in [6, 6.07) is 4.61. The maximum absolute atomic E-state index is 14.0. The number of carbonyl (C=O) groups excluding carboxylic acids is 3. The number of nitrogens with zero attached hydrogens (tertiary/aromatic N) is 1. The van der Waals surface area contributed by atoms with E-state index in [9.17, 15) is 14.4 Å². The van der Waals surface area contributed by atoms with Crippen LogP contribution in [0, 0.1) is 18.8 Å². The number of carbonyl (C=O) groups is 3. The summed E-state index contributed by atoms with van der Waals surface area (Å²) in [6.07, 6.45) is 10.0. The number of benzene rings is 1. The normalized spacial score (nSPS) is 34.7. The fraction of sp³-hybridized carbons (Fsp3) is 0.607. The second-order valence-corrected chi connectivity index (χ2v) is 11.5. The molecule has 5 aliphatic rings. The minimum absolute atomic E-state index is 0.101. The summed E-state index contributed by atoms with van der Waals surface area (Å²) < 4.78 is 12.3. The minimum Gasteiger partial charge on any atom is -0.376 e. The lowest BCUT2D eigenvalue weighted by molar-refractivity contribution is -0.143. The van der Waals surface area contributed by atoms with Crippen LogP contribution in [0.5, 0.6) is 0 Å². The Morgan fingerprint density at radius 1 is 1.14 bits per heavy atom. The van der Waals surface area contributed by atoms with Gasteiger partial charge in [-0.05, 0) is 50.3 Å². The zero-order valence-electron chi connectivity index (χ0n) is 21.1. The maximum Gasteiger partial charge on any atom is 0.246 e.